The highest BCUT2D eigenvalue weighted by Crippen LogP contribution is 2.32. The van der Waals surface area contributed by atoms with Crippen molar-refractivity contribution in [1.82, 2.24) is 19.9 Å². The molecule has 0 radical (unpaired) electrons. The molecule has 0 aliphatic carbocycles. The molecule has 0 bridgehead atoms. The number of carbonyl (C=O) groups excluding carboxylic acids is 1. The van der Waals surface area contributed by atoms with Crippen molar-refractivity contribution in [2.75, 3.05) is 27.2 Å². The van der Waals surface area contributed by atoms with Crippen LogP contribution in [0, 0.1) is 6.92 Å². The third-order valence-corrected chi connectivity index (χ3v) is 4.58. The van der Waals surface area contributed by atoms with Crippen LogP contribution in [0.3, 0.4) is 0 Å². The van der Waals surface area contributed by atoms with Crippen molar-refractivity contribution in [2.45, 2.75) is 31.7 Å². The number of benzene rings is 1. The summed E-state index contributed by atoms with van der Waals surface area (Å²) in [6, 6.07) is 9.77. The summed E-state index contributed by atoms with van der Waals surface area (Å²) < 4.78 is 5.32. The first-order valence-electron chi connectivity index (χ1n) is 8.36. The van der Waals surface area contributed by atoms with E-state index < -0.39 is 0 Å². The summed E-state index contributed by atoms with van der Waals surface area (Å²) in [7, 11) is 3.62. The Labute approximate surface area is 142 Å². The van der Waals surface area contributed by atoms with Gasteiger partial charge in [0.2, 0.25) is 11.8 Å². The minimum absolute atomic E-state index is 0.119. The summed E-state index contributed by atoms with van der Waals surface area (Å²) in [4.78, 5) is 21.0. The maximum absolute atomic E-state index is 12.7. The molecule has 3 rings (SSSR count). The van der Waals surface area contributed by atoms with E-state index in [1.807, 2.05) is 51.4 Å². The Balaban J connectivity index is 1.74. The van der Waals surface area contributed by atoms with E-state index in [0.29, 0.717) is 5.82 Å². The predicted octanol–water partition coefficient (Wildman–Crippen LogP) is 2.39. The van der Waals surface area contributed by atoms with Crippen LogP contribution >= 0.6 is 0 Å². The molecule has 6 heteroatoms. The molecular weight excluding hydrogens is 304 g/mol. The average molecular weight is 328 g/mol. The van der Waals surface area contributed by atoms with Crippen LogP contribution in [-0.4, -0.2) is 53.0 Å². The minimum Gasteiger partial charge on any atom is -0.347 e. The van der Waals surface area contributed by atoms with Gasteiger partial charge in [-0.25, -0.2) is 0 Å². The third kappa shape index (κ3) is 3.48. The van der Waals surface area contributed by atoms with Crippen LogP contribution in [-0.2, 0) is 4.79 Å². The first-order valence-corrected chi connectivity index (χ1v) is 8.36. The molecule has 24 heavy (non-hydrogen) atoms. The Morgan fingerprint density at radius 2 is 1.92 bits per heavy atom. The van der Waals surface area contributed by atoms with E-state index in [2.05, 4.69) is 15.0 Å². The molecule has 128 valence electrons. The van der Waals surface area contributed by atoms with E-state index in [4.69, 9.17) is 4.52 Å². The molecule has 0 spiro atoms. The second kappa shape index (κ2) is 7.13. The molecule has 6 nitrogen and oxygen atoms in total. The highest BCUT2D eigenvalue weighted by molar-refractivity contribution is 5.82. The van der Waals surface area contributed by atoms with Gasteiger partial charge < -0.3 is 9.42 Å². The largest absolute Gasteiger partial charge is 0.347 e. The van der Waals surface area contributed by atoms with Gasteiger partial charge in [0, 0.05) is 20.0 Å². The second-order valence-corrected chi connectivity index (χ2v) is 6.54. The van der Waals surface area contributed by atoms with Crippen LogP contribution in [0.25, 0.3) is 0 Å². The molecule has 0 saturated carbocycles. The lowest BCUT2D eigenvalue weighted by Crippen LogP contribution is -2.43. The van der Waals surface area contributed by atoms with Gasteiger partial charge in [-0.15, -0.1) is 0 Å². The quantitative estimate of drug-likeness (QED) is 0.862. The molecule has 2 heterocycles. The van der Waals surface area contributed by atoms with E-state index in [1.165, 1.54) is 0 Å². The molecule has 1 atom stereocenters. The van der Waals surface area contributed by atoms with Crippen molar-refractivity contribution in [3.8, 4) is 0 Å². The Kier molecular flexibility index (Phi) is 4.94. The maximum atomic E-state index is 12.7. The second-order valence-electron chi connectivity index (χ2n) is 6.54. The summed E-state index contributed by atoms with van der Waals surface area (Å²) in [5.41, 5.74) is 1.04. The SMILES string of the molecule is Cc1noc(C2CCN([C@H](C(=O)N(C)C)c3ccccc3)CC2)n1. The number of nitrogens with zero attached hydrogens (tertiary/aromatic N) is 4. The highest BCUT2D eigenvalue weighted by Gasteiger charge is 2.33. The summed E-state index contributed by atoms with van der Waals surface area (Å²) >= 11 is 0. The summed E-state index contributed by atoms with van der Waals surface area (Å²) in [6.45, 7) is 3.51. The van der Waals surface area contributed by atoms with E-state index in [0.717, 1.165) is 37.4 Å². The van der Waals surface area contributed by atoms with E-state index in [1.54, 1.807) is 4.90 Å². The summed E-state index contributed by atoms with van der Waals surface area (Å²) in [5, 5.41) is 3.88. The lowest BCUT2D eigenvalue weighted by atomic mass is 9.93. The van der Waals surface area contributed by atoms with Gasteiger partial charge in [0.15, 0.2) is 5.82 Å². The average Bonchev–Trinajstić information content (AvgIpc) is 3.03. The smallest absolute Gasteiger partial charge is 0.244 e. The van der Waals surface area contributed by atoms with Gasteiger partial charge in [0.1, 0.15) is 6.04 Å². The zero-order valence-corrected chi connectivity index (χ0v) is 14.5. The van der Waals surface area contributed by atoms with Crippen molar-refractivity contribution in [1.29, 1.82) is 0 Å². The van der Waals surface area contributed by atoms with Crippen LogP contribution < -0.4 is 0 Å². The van der Waals surface area contributed by atoms with Crippen molar-refractivity contribution < 1.29 is 9.32 Å². The van der Waals surface area contributed by atoms with Crippen LogP contribution in [0.2, 0.25) is 0 Å². The highest BCUT2D eigenvalue weighted by atomic mass is 16.5. The van der Waals surface area contributed by atoms with Gasteiger partial charge in [-0.1, -0.05) is 35.5 Å². The lowest BCUT2D eigenvalue weighted by Gasteiger charge is -2.37. The van der Waals surface area contributed by atoms with Crippen molar-refractivity contribution in [3.05, 3.63) is 47.6 Å². The molecule has 0 unspecified atom stereocenters. The summed E-state index contributed by atoms with van der Waals surface area (Å²) in [6.07, 6.45) is 1.84. The molecule has 1 aromatic carbocycles. The van der Waals surface area contributed by atoms with Gasteiger partial charge in [-0.2, -0.15) is 4.98 Å². The molecule has 1 saturated heterocycles. The van der Waals surface area contributed by atoms with Crippen LogP contribution in [0.1, 0.15) is 42.1 Å². The number of amides is 1. The first kappa shape index (κ1) is 16.6. The van der Waals surface area contributed by atoms with Crippen molar-refractivity contribution >= 4 is 5.91 Å². The number of likely N-dealkylation sites (N-methyl/N-ethyl adjacent to an activating group) is 1. The maximum Gasteiger partial charge on any atom is 0.244 e. The Morgan fingerprint density at radius 1 is 1.25 bits per heavy atom. The standard InChI is InChI=1S/C18H24N4O2/c1-13-19-17(24-20-13)15-9-11-22(12-10-15)16(18(23)21(2)3)14-7-5-4-6-8-14/h4-8,15-16H,9-12H2,1-3H3/t16-/m0/s1. The number of aryl methyl sites for hydroxylation is 1. The van der Waals surface area contributed by atoms with Gasteiger partial charge in [0.25, 0.3) is 0 Å². The number of hydrogen-bond donors (Lipinski definition) is 0. The van der Waals surface area contributed by atoms with Crippen molar-refractivity contribution in [3.63, 3.8) is 0 Å². The topological polar surface area (TPSA) is 62.5 Å². The molecule has 1 amide bonds. The zero-order valence-electron chi connectivity index (χ0n) is 14.5. The number of likely N-dealkylation sites (tertiary alicyclic amines) is 1. The number of aromatic nitrogens is 2. The monoisotopic (exact) mass is 328 g/mol. The molecule has 1 aromatic heterocycles. The molecule has 1 fully saturated rings. The fourth-order valence-electron chi connectivity index (χ4n) is 3.27. The van der Waals surface area contributed by atoms with Gasteiger partial charge in [-0.3, -0.25) is 9.69 Å². The summed E-state index contributed by atoms with van der Waals surface area (Å²) in [5.74, 6) is 1.81. The van der Waals surface area contributed by atoms with Crippen LogP contribution in [0.5, 0.6) is 0 Å². The third-order valence-electron chi connectivity index (χ3n) is 4.58. The lowest BCUT2D eigenvalue weighted by molar-refractivity contribution is -0.135. The first-order chi connectivity index (χ1) is 11.6. The number of hydrogen-bond acceptors (Lipinski definition) is 5. The molecule has 1 aliphatic heterocycles. The van der Waals surface area contributed by atoms with Crippen molar-refractivity contribution in [2.24, 2.45) is 0 Å². The number of rotatable bonds is 4. The Morgan fingerprint density at radius 3 is 2.46 bits per heavy atom. The van der Waals surface area contributed by atoms with E-state index >= 15 is 0 Å². The van der Waals surface area contributed by atoms with Crippen LogP contribution in [0.4, 0.5) is 0 Å². The van der Waals surface area contributed by atoms with Gasteiger partial charge in [0.05, 0.1) is 0 Å². The molecular formula is C18H24N4O2. The number of carbonyl (C=O) groups is 1. The predicted molar refractivity (Wildman–Crippen MR) is 90.5 cm³/mol. The molecule has 2 aromatic rings. The normalized spacial score (nSPS) is 17.6. The minimum atomic E-state index is -0.230. The van der Waals surface area contributed by atoms with Gasteiger partial charge in [-0.05, 0) is 38.4 Å². The fraction of sp³-hybridized carbons (Fsp3) is 0.500. The zero-order chi connectivity index (χ0) is 17.1. The fourth-order valence-corrected chi connectivity index (χ4v) is 3.27. The molecule has 1 aliphatic rings. The van der Waals surface area contributed by atoms with E-state index in [-0.39, 0.29) is 17.9 Å². The van der Waals surface area contributed by atoms with E-state index in [9.17, 15) is 4.79 Å². The Bertz CT molecular complexity index is 675. The Hall–Kier alpha value is -2.21. The molecule has 0 N–H and O–H groups in total. The van der Waals surface area contributed by atoms with Crippen LogP contribution in [0.15, 0.2) is 34.9 Å². The van der Waals surface area contributed by atoms with Gasteiger partial charge >= 0.3 is 0 Å². The number of piperidine rings is 1.